The lowest BCUT2D eigenvalue weighted by molar-refractivity contribution is -0.119. The predicted octanol–water partition coefficient (Wildman–Crippen LogP) is 0.750. The van der Waals surface area contributed by atoms with Crippen LogP contribution in [0.5, 0.6) is 5.75 Å². The second-order valence-corrected chi connectivity index (χ2v) is 6.39. The van der Waals surface area contributed by atoms with Crippen LogP contribution < -0.4 is 16.2 Å². The van der Waals surface area contributed by atoms with Gasteiger partial charge < -0.3 is 21.1 Å². The van der Waals surface area contributed by atoms with Crippen molar-refractivity contribution in [2.75, 3.05) is 19.7 Å². The summed E-state index contributed by atoms with van der Waals surface area (Å²) in [5, 5.41) is 0. The minimum atomic E-state index is -0.552. The molecule has 1 atom stereocenters. The number of nitrogens with zero attached hydrogens (tertiary/aromatic N) is 1. The second kappa shape index (κ2) is 6.36. The Morgan fingerprint density at radius 1 is 1.41 bits per heavy atom. The highest BCUT2D eigenvalue weighted by molar-refractivity contribution is 5.94. The average molecular weight is 305 g/mol. The molecule has 1 saturated heterocycles. The van der Waals surface area contributed by atoms with Gasteiger partial charge in [-0.1, -0.05) is 19.9 Å². The SMILES string of the molecule is CC1(C)CN(C(=O)c2cccc(OCC(N)=O)c2)CCC1N. The van der Waals surface area contributed by atoms with Crippen molar-refractivity contribution in [3.8, 4) is 5.75 Å². The maximum Gasteiger partial charge on any atom is 0.255 e. The van der Waals surface area contributed by atoms with Crippen molar-refractivity contribution in [2.24, 2.45) is 16.9 Å². The topological polar surface area (TPSA) is 98.6 Å². The van der Waals surface area contributed by atoms with Crippen molar-refractivity contribution < 1.29 is 14.3 Å². The van der Waals surface area contributed by atoms with E-state index in [2.05, 4.69) is 13.8 Å². The van der Waals surface area contributed by atoms with E-state index in [4.69, 9.17) is 16.2 Å². The first-order valence-corrected chi connectivity index (χ1v) is 7.35. The summed E-state index contributed by atoms with van der Waals surface area (Å²) in [5.41, 5.74) is 11.6. The summed E-state index contributed by atoms with van der Waals surface area (Å²) in [6, 6.07) is 6.88. The molecule has 0 aromatic heterocycles. The molecule has 1 aromatic carbocycles. The van der Waals surface area contributed by atoms with Crippen molar-refractivity contribution in [3.05, 3.63) is 29.8 Å². The third-order valence-corrected chi connectivity index (χ3v) is 4.06. The van der Waals surface area contributed by atoms with Gasteiger partial charge in [-0.3, -0.25) is 9.59 Å². The smallest absolute Gasteiger partial charge is 0.255 e. The van der Waals surface area contributed by atoms with Crippen molar-refractivity contribution in [3.63, 3.8) is 0 Å². The molecule has 6 nitrogen and oxygen atoms in total. The van der Waals surface area contributed by atoms with Crippen LogP contribution in [0.3, 0.4) is 0 Å². The maximum absolute atomic E-state index is 12.6. The average Bonchev–Trinajstić information content (AvgIpc) is 2.47. The zero-order valence-electron chi connectivity index (χ0n) is 13.0. The van der Waals surface area contributed by atoms with Gasteiger partial charge in [-0.15, -0.1) is 0 Å². The van der Waals surface area contributed by atoms with Crippen LogP contribution in [0.4, 0.5) is 0 Å². The van der Waals surface area contributed by atoms with Gasteiger partial charge in [0.15, 0.2) is 6.61 Å². The lowest BCUT2D eigenvalue weighted by Crippen LogP contribution is -2.53. The lowest BCUT2D eigenvalue weighted by atomic mass is 9.79. The molecule has 22 heavy (non-hydrogen) atoms. The molecule has 1 aliphatic heterocycles. The fourth-order valence-electron chi connectivity index (χ4n) is 2.60. The van der Waals surface area contributed by atoms with Crippen LogP contribution in [-0.4, -0.2) is 42.5 Å². The summed E-state index contributed by atoms with van der Waals surface area (Å²) in [6.45, 7) is 5.21. The Balaban J connectivity index is 2.09. The molecule has 6 heteroatoms. The standard InChI is InChI=1S/C16H23N3O3/c1-16(2)10-19(7-6-13(16)17)15(21)11-4-3-5-12(8-11)22-9-14(18)20/h3-5,8,13H,6-7,9-10,17H2,1-2H3,(H2,18,20). The van der Waals surface area contributed by atoms with Crippen molar-refractivity contribution in [1.82, 2.24) is 4.90 Å². The normalized spacial score (nSPS) is 20.5. The number of nitrogens with two attached hydrogens (primary N) is 2. The van der Waals surface area contributed by atoms with Gasteiger partial charge >= 0.3 is 0 Å². The van der Waals surface area contributed by atoms with E-state index >= 15 is 0 Å². The number of carbonyl (C=O) groups is 2. The molecule has 0 aliphatic carbocycles. The largest absolute Gasteiger partial charge is 0.484 e. The van der Waals surface area contributed by atoms with Crippen LogP contribution >= 0.6 is 0 Å². The Labute approximate surface area is 130 Å². The summed E-state index contributed by atoms with van der Waals surface area (Å²) in [6.07, 6.45) is 0.788. The summed E-state index contributed by atoms with van der Waals surface area (Å²) in [5.74, 6) is -0.148. The van der Waals surface area contributed by atoms with E-state index in [-0.39, 0.29) is 24.0 Å². The van der Waals surface area contributed by atoms with Gasteiger partial charge in [-0.25, -0.2) is 0 Å². The lowest BCUT2D eigenvalue weighted by Gasteiger charge is -2.42. The number of hydrogen-bond acceptors (Lipinski definition) is 4. The fraction of sp³-hybridized carbons (Fsp3) is 0.500. The molecule has 0 bridgehead atoms. The molecule has 2 rings (SSSR count). The Morgan fingerprint density at radius 3 is 2.77 bits per heavy atom. The van der Waals surface area contributed by atoms with Gasteiger partial charge in [0.25, 0.3) is 11.8 Å². The zero-order chi connectivity index (χ0) is 16.3. The number of rotatable bonds is 4. The third kappa shape index (κ3) is 3.76. The highest BCUT2D eigenvalue weighted by Crippen LogP contribution is 2.29. The third-order valence-electron chi connectivity index (χ3n) is 4.06. The predicted molar refractivity (Wildman–Crippen MR) is 83.4 cm³/mol. The van der Waals surface area contributed by atoms with E-state index in [1.807, 2.05) is 4.90 Å². The quantitative estimate of drug-likeness (QED) is 0.857. The number of carbonyl (C=O) groups excluding carboxylic acids is 2. The molecule has 0 radical (unpaired) electrons. The number of benzene rings is 1. The number of piperidine rings is 1. The number of ether oxygens (including phenoxy) is 1. The summed E-state index contributed by atoms with van der Waals surface area (Å²) in [4.78, 5) is 25.2. The van der Waals surface area contributed by atoms with E-state index in [0.717, 1.165) is 6.42 Å². The molecule has 4 N–H and O–H groups in total. The Morgan fingerprint density at radius 2 is 2.14 bits per heavy atom. The first kappa shape index (κ1) is 16.3. The minimum Gasteiger partial charge on any atom is -0.484 e. The summed E-state index contributed by atoms with van der Waals surface area (Å²) >= 11 is 0. The molecule has 1 heterocycles. The molecular weight excluding hydrogens is 282 g/mol. The van der Waals surface area contributed by atoms with Crippen molar-refractivity contribution >= 4 is 11.8 Å². The second-order valence-electron chi connectivity index (χ2n) is 6.39. The van der Waals surface area contributed by atoms with Gasteiger partial charge in [-0.2, -0.15) is 0 Å². The molecule has 120 valence electrons. The number of hydrogen-bond donors (Lipinski definition) is 2. The van der Waals surface area contributed by atoms with Crippen LogP contribution in [0.2, 0.25) is 0 Å². The van der Waals surface area contributed by atoms with Crippen molar-refractivity contribution in [2.45, 2.75) is 26.3 Å². The number of primary amides is 1. The van der Waals surface area contributed by atoms with E-state index in [1.54, 1.807) is 24.3 Å². The fourth-order valence-corrected chi connectivity index (χ4v) is 2.60. The van der Waals surface area contributed by atoms with Crippen LogP contribution in [0.1, 0.15) is 30.6 Å². The van der Waals surface area contributed by atoms with E-state index < -0.39 is 5.91 Å². The molecule has 1 aromatic rings. The molecule has 0 spiro atoms. The minimum absolute atomic E-state index is 0.0514. The summed E-state index contributed by atoms with van der Waals surface area (Å²) < 4.78 is 5.24. The Bertz CT molecular complexity index is 572. The molecule has 1 unspecified atom stereocenters. The van der Waals surface area contributed by atoms with E-state index in [1.165, 1.54) is 0 Å². The van der Waals surface area contributed by atoms with Gasteiger partial charge in [0.05, 0.1) is 0 Å². The van der Waals surface area contributed by atoms with Gasteiger partial charge in [0.1, 0.15) is 5.75 Å². The highest BCUT2D eigenvalue weighted by Gasteiger charge is 2.35. The molecule has 0 saturated carbocycles. The van der Waals surface area contributed by atoms with Gasteiger partial charge in [0.2, 0.25) is 0 Å². The maximum atomic E-state index is 12.6. The highest BCUT2D eigenvalue weighted by atomic mass is 16.5. The van der Waals surface area contributed by atoms with Crippen LogP contribution in [-0.2, 0) is 4.79 Å². The Kier molecular flexibility index (Phi) is 4.71. The van der Waals surface area contributed by atoms with Gasteiger partial charge in [-0.05, 0) is 30.0 Å². The molecule has 1 fully saturated rings. The van der Waals surface area contributed by atoms with Crippen molar-refractivity contribution in [1.29, 1.82) is 0 Å². The van der Waals surface area contributed by atoms with Gasteiger partial charge in [0, 0.05) is 24.7 Å². The number of likely N-dealkylation sites (tertiary alicyclic amines) is 1. The van der Waals surface area contributed by atoms with E-state index in [9.17, 15) is 9.59 Å². The summed E-state index contributed by atoms with van der Waals surface area (Å²) in [7, 11) is 0. The molecule has 2 amide bonds. The zero-order valence-corrected chi connectivity index (χ0v) is 13.0. The Hall–Kier alpha value is -2.08. The van der Waals surface area contributed by atoms with Crippen LogP contribution in [0, 0.1) is 5.41 Å². The number of amides is 2. The molecule has 1 aliphatic rings. The first-order chi connectivity index (χ1) is 10.3. The van der Waals surface area contributed by atoms with Crippen LogP contribution in [0.15, 0.2) is 24.3 Å². The monoisotopic (exact) mass is 305 g/mol. The molecular formula is C16H23N3O3. The van der Waals surface area contributed by atoms with Crippen LogP contribution in [0.25, 0.3) is 0 Å². The van der Waals surface area contributed by atoms with E-state index in [0.29, 0.717) is 24.4 Å². The first-order valence-electron chi connectivity index (χ1n) is 7.35.